The Hall–Kier alpha value is -0.610. The fourth-order valence-electron chi connectivity index (χ4n) is 2.15. The number of nitrogens with one attached hydrogen (secondary N) is 1. The van der Waals surface area contributed by atoms with Crippen molar-refractivity contribution in [1.82, 2.24) is 10.2 Å². The van der Waals surface area contributed by atoms with Gasteiger partial charge < -0.3 is 15.0 Å². The van der Waals surface area contributed by atoms with Gasteiger partial charge in [-0.25, -0.2) is 0 Å². The first-order valence-electron chi connectivity index (χ1n) is 7.05. The van der Waals surface area contributed by atoms with Crippen molar-refractivity contribution in [2.45, 2.75) is 46.1 Å². The summed E-state index contributed by atoms with van der Waals surface area (Å²) in [7, 11) is 0. The van der Waals surface area contributed by atoms with Gasteiger partial charge in [-0.2, -0.15) is 0 Å². The molecule has 106 valence electrons. The van der Waals surface area contributed by atoms with Crippen LogP contribution in [0.1, 0.15) is 40.5 Å². The monoisotopic (exact) mass is 256 g/mol. The minimum absolute atomic E-state index is 0.117. The maximum absolute atomic E-state index is 12.1. The number of carbonyl (C=O) groups excluding carboxylic acids is 1. The third-order valence-corrected chi connectivity index (χ3v) is 3.30. The highest BCUT2D eigenvalue weighted by Crippen LogP contribution is 2.14. The van der Waals surface area contributed by atoms with Gasteiger partial charge in [-0.05, 0) is 59.5 Å². The summed E-state index contributed by atoms with van der Waals surface area (Å²) in [5, 5.41) is 3.35. The van der Waals surface area contributed by atoms with Crippen molar-refractivity contribution in [2.24, 2.45) is 5.92 Å². The fraction of sp³-hybridized carbons (Fsp3) is 0.929. The van der Waals surface area contributed by atoms with E-state index >= 15 is 0 Å². The van der Waals surface area contributed by atoms with Crippen LogP contribution in [-0.2, 0) is 9.53 Å². The van der Waals surface area contributed by atoms with Crippen LogP contribution < -0.4 is 5.32 Å². The van der Waals surface area contributed by atoms with Gasteiger partial charge in [0.05, 0.1) is 5.60 Å². The minimum atomic E-state index is -0.246. The lowest BCUT2D eigenvalue weighted by Crippen LogP contribution is -2.41. The summed E-state index contributed by atoms with van der Waals surface area (Å²) in [6, 6.07) is 0. The number of amides is 1. The topological polar surface area (TPSA) is 41.6 Å². The van der Waals surface area contributed by atoms with Crippen LogP contribution in [-0.4, -0.2) is 49.2 Å². The molecular weight excluding hydrogens is 228 g/mol. The van der Waals surface area contributed by atoms with Crippen molar-refractivity contribution < 1.29 is 9.53 Å². The first-order valence-corrected chi connectivity index (χ1v) is 7.05. The quantitative estimate of drug-likeness (QED) is 0.813. The maximum Gasteiger partial charge on any atom is 0.248 e. The number of hydrogen-bond donors (Lipinski definition) is 1. The highest BCUT2D eigenvalue weighted by Gasteiger charge is 2.21. The number of carbonyl (C=O) groups is 1. The molecule has 0 aromatic carbocycles. The summed E-state index contributed by atoms with van der Waals surface area (Å²) in [6.07, 6.45) is 2.34. The van der Waals surface area contributed by atoms with E-state index in [2.05, 4.69) is 5.32 Å². The molecule has 18 heavy (non-hydrogen) atoms. The van der Waals surface area contributed by atoms with Gasteiger partial charge >= 0.3 is 0 Å². The molecule has 1 N–H and O–H groups in total. The van der Waals surface area contributed by atoms with Crippen LogP contribution in [0.5, 0.6) is 0 Å². The zero-order valence-corrected chi connectivity index (χ0v) is 12.3. The molecule has 4 heteroatoms. The van der Waals surface area contributed by atoms with Crippen molar-refractivity contribution in [2.75, 3.05) is 32.8 Å². The third kappa shape index (κ3) is 5.83. The van der Waals surface area contributed by atoms with Crippen LogP contribution in [0.3, 0.4) is 0 Å². The molecule has 4 nitrogen and oxygen atoms in total. The first-order chi connectivity index (χ1) is 8.42. The van der Waals surface area contributed by atoms with Gasteiger partial charge in [0.25, 0.3) is 0 Å². The zero-order valence-electron chi connectivity index (χ0n) is 12.3. The van der Waals surface area contributed by atoms with Gasteiger partial charge in [0, 0.05) is 13.1 Å². The van der Waals surface area contributed by atoms with Gasteiger partial charge in [0.1, 0.15) is 6.61 Å². The summed E-state index contributed by atoms with van der Waals surface area (Å²) >= 11 is 0. The Kier molecular flexibility index (Phi) is 6.09. The Balaban J connectivity index is 2.36. The predicted molar refractivity (Wildman–Crippen MR) is 73.6 cm³/mol. The lowest BCUT2D eigenvalue weighted by Gasteiger charge is -2.30. The molecule has 0 saturated carbocycles. The van der Waals surface area contributed by atoms with Crippen molar-refractivity contribution in [3.8, 4) is 0 Å². The van der Waals surface area contributed by atoms with E-state index in [-0.39, 0.29) is 18.1 Å². The van der Waals surface area contributed by atoms with E-state index in [9.17, 15) is 4.79 Å². The van der Waals surface area contributed by atoms with E-state index in [1.54, 1.807) is 0 Å². The number of piperidine rings is 1. The average molecular weight is 256 g/mol. The lowest BCUT2D eigenvalue weighted by atomic mass is 9.97. The van der Waals surface area contributed by atoms with Crippen molar-refractivity contribution in [3.63, 3.8) is 0 Å². The molecule has 1 saturated heterocycles. The molecule has 1 amide bonds. The normalized spacial score (nSPS) is 17.8. The molecule has 0 radical (unpaired) electrons. The van der Waals surface area contributed by atoms with Crippen molar-refractivity contribution in [3.05, 3.63) is 0 Å². The third-order valence-electron chi connectivity index (χ3n) is 3.30. The Bertz CT molecular complexity index is 255. The lowest BCUT2D eigenvalue weighted by molar-refractivity contribution is -0.141. The average Bonchev–Trinajstić information content (AvgIpc) is 2.33. The highest BCUT2D eigenvalue weighted by molar-refractivity contribution is 5.77. The number of likely N-dealkylation sites (N-methyl/N-ethyl adjacent to an activating group) is 1. The molecule has 1 rings (SSSR count). The smallest absolute Gasteiger partial charge is 0.248 e. The van der Waals surface area contributed by atoms with Crippen molar-refractivity contribution in [1.29, 1.82) is 0 Å². The van der Waals surface area contributed by atoms with E-state index in [1.165, 1.54) is 12.8 Å². The van der Waals surface area contributed by atoms with Crippen LogP contribution in [0.25, 0.3) is 0 Å². The van der Waals surface area contributed by atoms with E-state index < -0.39 is 0 Å². The van der Waals surface area contributed by atoms with Gasteiger partial charge in [-0.15, -0.1) is 0 Å². The molecule has 0 aromatic rings. The highest BCUT2D eigenvalue weighted by atomic mass is 16.5. The number of rotatable bonds is 5. The van der Waals surface area contributed by atoms with E-state index in [0.717, 1.165) is 26.2 Å². The Morgan fingerprint density at radius 3 is 2.44 bits per heavy atom. The molecule has 1 heterocycles. The standard InChI is InChI=1S/C14H28N2O2/c1-5-16(10-12-6-8-15-9-7-12)13(17)11-18-14(2,3)4/h12,15H,5-11H2,1-4H3. The largest absolute Gasteiger partial charge is 0.366 e. The second kappa shape index (κ2) is 7.10. The van der Waals surface area contributed by atoms with Crippen LogP contribution in [0.15, 0.2) is 0 Å². The van der Waals surface area contributed by atoms with Crippen LogP contribution in [0, 0.1) is 5.92 Å². The fourth-order valence-corrected chi connectivity index (χ4v) is 2.15. The molecule has 0 unspecified atom stereocenters. The van der Waals surface area contributed by atoms with Gasteiger partial charge in [0.2, 0.25) is 5.91 Å². The maximum atomic E-state index is 12.1. The Morgan fingerprint density at radius 2 is 1.94 bits per heavy atom. The molecule has 0 aliphatic carbocycles. The predicted octanol–water partition coefficient (Wildman–Crippen LogP) is 1.65. The van der Waals surface area contributed by atoms with Crippen LogP contribution in [0.2, 0.25) is 0 Å². The molecular formula is C14H28N2O2. The number of nitrogens with zero attached hydrogens (tertiary/aromatic N) is 1. The summed E-state index contributed by atoms with van der Waals surface area (Å²) in [4.78, 5) is 14.0. The Labute approximate surface area is 111 Å². The van der Waals surface area contributed by atoms with E-state index in [4.69, 9.17) is 4.74 Å². The summed E-state index contributed by atoms with van der Waals surface area (Å²) in [5.74, 6) is 0.760. The molecule has 1 fully saturated rings. The zero-order chi connectivity index (χ0) is 13.6. The number of hydrogen-bond acceptors (Lipinski definition) is 3. The van der Waals surface area contributed by atoms with Crippen molar-refractivity contribution >= 4 is 5.91 Å². The summed E-state index contributed by atoms with van der Waals surface area (Å²) in [6.45, 7) is 12.0. The summed E-state index contributed by atoms with van der Waals surface area (Å²) in [5.41, 5.74) is -0.246. The Morgan fingerprint density at radius 1 is 1.33 bits per heavy atom. The second-order valence-corrected chi connectivity index (χ2v) is 6.03. The van der Waals surface area contributed by atoms with Crippen LogP contribution in [0.4, 0.5) is 0 Å². The molecule has 0 spiro atoms. The van der Waals surface area contributed by atoms with E-state index in [1.807, 2.05) is 32.6 Å². The van der Waals surface area contributed by atoms with Gasteiger partial charge in [-0.1, -0.05) is 0 Å². The van der Waals surface area contributed by atoms with Gasteiger partial charge in [0.15, 0.2) is 0 Å². The molecule has 0 aromatic heterocycles. The molecule has 1 aliphatic rings. The van der Waals surface area contributed by atoms with E-state index in [0.29, 0.717) is 5.92 Å². The molecule has 0 atom stereocenters. The number of ether oxygens (including phenoxy) is 1. The van der Waals surface area contributed by atoms with Crippen LogP contribution >= 0.6 is 0 Å². The SMILES string of the molecule is CCN(CC1CCNCC1)C(=O)COC(C)(C)C. The molecule has 1 aliphatic heterocycles. The van der Waals surface area contributed by atoms with Gasteiger partial charge in [-0.3, -0.25) is 4.79 Å². The summed E-state index contributed by atoms with van der Waals surface area (Å²) < 4.78 is 5.56. The minimum Gasteiger partial charge on any atom is -0.366 e. The molecule has 0 bridgehead atoms. The second-order valence-electron chi connectivity index (χ2n) is 6.03. The first kappa shape index (κ1) is 15.4.